The van der Waals surface area contributed by atoms with Crippen LogP contribution in [0.4, 0.5) is 4.79 Å². The topological polar surface area (TPSA) is 72.9 Å². The van der Waals surface area contributed by atoms with Gasteiger partial charge in [-0.05, 0) is 46.7 Å². The lowest BCUT2D eigenvalue weighted by atomic mass is 10.0. The van der Waals surface area contributed by atoms with E-state index in [9.17, 15) is 14.7 Å². The predicted molar refractivity (Wildman–Crippen MR) is 73.1 cm³/mol. The molecule has 6 nitrogen and oxygen atoms in total. The van der Waals surface area contributed by atoms with Gasteiger partial charge in [-0.15, -0.1) is 0 Å². The van der Waals surface area contributed by atoms with Crippen LogP contribution in [0.15, 0.2) is 0 Å². The van der Waals surface area contributed by atoms with Gasteiger partial charge in [-0.3, -0.25) is 0 Å². The molecule has 0 atom stereocenters. The third kappa shape index (κ3) is 3.37. The first kappa shape index (κ1) is 15.8. The molecular formula is C13H25N3O3. The number of nitrogens with one attached hydrogen (secondary N) is 1. The first-order chi connectivity index (χ1) is 8.82. The summed E-state index contributed by atoms with van der Waals surface area (Å²) in [5.74, 6) is -0.985. The van der Waals surface area contributed by atoms with Crippen LogP contribution in [-0.2, 0) is 4.79 Å². The van der Waals surface area contributed by atoms with E-state index in [1.807, 2.05) is 0 Å². The molecule has 1 aliphatic rings. The highest BCUT2D eigenvalue weighted by atomic mass is 16.4. The fraction of sp³-hybridized carbons (Fsp3) is 0.846. The SMILES string of the molecule is CCN(C(=O)N(C)C1CCNCC1)C(C)(C)C(=O)O. The number of carbonyl (C=O) groups excluding carboxylic acids is 1. The van der Waals surface area contributed by atoms with E-state index >= 15 is 0 Å². The molecule has 0 saturated carbocycles. The van der Waals surface area contributed by atoms with Crippen molar-refractivity contribution < 1.29 is 14.7 Å². The molecule has 19 heavy (non-hydrogen) atoms. The Morgan fingerprint density at radius 1 is 1.32 bits per heavy atom. The number of likely N-dealkylation sites (N-methyl/N-ethyl adjacent to an activating group) is 1. The largest absolute Gasteiger partial charge is 0.480 e. The smallest absolute Gasteiger partial charge is 0.329 e. The van der Waals surface area contributed by atoms with Crippen molar-refractivity contribution in [2.24, 2.45) is 0 Å². The Balaban J connectivity index is 2.80. The number of carboxylic acid groups (broad SMARTS) is 1. The number of piperidine rings is 1. The minimum absolute atomic E-state index is 0.187. The molecule has 0 aromatic heterocycles. The quantitative estimate of drug-likeness (QED) is 0.799. The number of carboxylic acids is 1. The van der Waals surface area contributed by atoms with Gasteiger partial charge in [0.1, 0.15) is 5.54 Å². The van der Waals surface area contributed by atoms with Gasteiger partial charge < -0.3 is 20.2 Å². The average Bonchev–Trinajstić information content (AvgIpc) is 2.39. The Morgan fingerprint density at radius 3 is 2.26 bits per heavy atom. The second-order valence-electron chi connectivity index (χ2n) is 5.48. The third-order valence-electron chi connectivity index (χ3n) is 3.90. The van der Waals surface area contributed by atoms with Crippen LogP contribution < -0.4 is 5.32 Å². The number of nitrogens with zero attached hydrogens (tertiary/aromatic N) is 2. The Kier molecular flexibility index (Phi) is 5.17. The number of amides is 2. The van der Waals surface area contributed by atoms with Crippen molar-refractivity contribution in [3.63, 3.8) is 0 Å². The zero-order valence-electron chi connectivity index (χ0n) is 12.3. The molecule has 0 radical (unpaired) electrons. The van der Waals surface area contributed by atoms with Crippen molar-refractivity contribution in [1.82, 2.24) is 15.1 Å². The molecule has 1 heterocycles. The minimum Gasteiger partial charge on any atom is -0.480 e. The van der Waals surface area contributed by atoms with Gasteiger partial charge in [-0.25, -0.2) is 9.59 Å². The maximum Gasteiger partial charge on any atom is 0.329 e. The molecule has 0 aromatic carbocycles. The summed E-state index contributed by atoms with van der Waals surface area (Å²) >= 11 is 0. The summed E-state index contributed by atoms with van der Waals surface area (Å²) in [6.07, 6.45) is 1.82. The summed E-state index contributed by atoms with van der Waals surface area (Å²) in [7, 11) is 1.76. The molecule has 0 aliphatic carbocycles. The zero-order chi connectivity index (χ0) is 14.6. The van der Waals surface area contributed by atoms with Crippen LogP contribution in [0.25, 0.3) is 0 Å². The van der Waals surface area contributed by atoms with E-state index in [-0.39, 0.29) is 12.1 Å². The van der Waals surface area contributed by atoms with E-state index in [2.05, 4.69) is 5.32 Å². The van der Waals surface area contributed by atoms with E-state index in [0.717, 1.165) is 25.9 Å². The Bertz CT molecular complexity index is 338. The van der Waals surface area contributed by atoms with Crippen LogP contribution in [0.1, 0.15) is 33.6 Å². The molecule has 0 spiro atoms. The van der Waals surface area contributed by atoms with Crippen LogP contribution in [0.5, 0.6) is 0 Å². The van der Waals surface area contributed by atoms with Crippen LogP contribution in [-0.4, -0.2) is 65.2 Å². The van der Waals surface area contributed by atoms with E-state index in [0.29, 0.717) is 6.54 Å². The molecule has 1 aliphatic heterocycles. The molecule has 0 bridgehead atoms. The predicted octanol–water partition coefficient (Wildman–Crippen LogP) is 0.975. The summed E-state index contributed by atoms with van der Waals surface area (Å²) < 4.78 is 0. The van der Waals surface area contributed by atoms with Crippen LogP contribution in [0.2, 0.25) is 0 Å². The number of hydrogen-bond acceptors (Lipinski definition) is 3. The zero-order valence-corrected chi connectivity index (χ0v) is 12.3. The maximum atomic E-state index is 12.5. The highest BCUT2D eigenvalue weighted by Crippen LogP contribution is 2.19. The van der Waals surface area contributed by atoms with Gasteiger partial charge in [-0.2, -0.15) is 0 Å². The van der Waals surface area contributed by atoms with E-state index in [1.165, 1.54) is 4.90 Å². The molecular weight excluding hydrogens is 246 g/mol. The van der Waals surface area contributed by atoms with Crippen molar-refractivity contribution in [2.75, 3.05) is 26.7 Å². The van der Waals surface area contributed by atoms with Crippen LogP contribution in [0.3, 0.4) is 0 Å². The summed E-state index contributed by atoms with van der Waals surface area (Å²) in [4.78, 5) is 26.9. The Labute approximate surface area is 114 Å². The summed E-state index contributed by atoms with van der Waals surface area (Å²) in [6, 6.07) is -0.0193. The molecule has 0 aromatic rings. The second kappa shape index (κ2) is 6.23. The van der Waals surface area contributed by atoms with Crippen molar-refractivity contribution in [3.8, 4) is 0 Å². The van der Waals surface area contributed by atoms with Gasteiger partial charge in [0.25, 0.3) is 0 Å². The lowest BCUT2D eigenvalue weighted by molar-refractivity contribution is -0.147. The molecule has 110 valence electrons. The molecule has 2 amide bonds. The average molecular weight is 271 g/mol. The van der Waals surface area contributed by atoms with Crippen molar-refractivity contribution in [3.05, 3.63) is 0 Å². The third-order valence-corrected chi connectivity index (χ3v) is 3.90. The van der Waals surface area contributed by atoms with Gasteiger partial charge in [0.15, 0.2) is 0 Å². The maximum absolute atomic E-state index is 12.5. The normalized spacial score (nSPS) is 17.1. The Hall–Kier alpha value is -1.30. The standard InChI is InChI=1S/C13H25N3O3/c1-5-16(13(2,3)11(17)18)12(19)15(4)10-6-8-14-9-7-10/h10,14H,5-9H2,1-4H3,(H,17,18). The number of carbonyl (C=O) groups is 2. The van der Waals surface area contributed by atoms with E-state index < -0.39 is 11.5 Å². The highest BCUT2D eigenvalue weighted by Gasteiger charge is 2.39. The summed E-state index contributed by atoms with van der Waals surface area (Å²) in [6.45, 7) is 7.11. The molecule has 2 N–H and O–H groups in total. The number of rotatable bonds is 4. The monoisotopic (exact) mass is 271 g/mol. The van der Waals surface area contributed by atoms with Gasteiger partial charge >= 0.3 is 12.0 Å². The molecule has 6 heteroatoms. The fourth-order valence-corrected chi connectivity index (χ4v) is 2.43. The minimum atomic E-state index is -1.19. The van der Waals surface area contributed by atoms with E-state index in [1.54, 1.807) is 32.7 Å². The van der Waals surface area contributed by atoms with Gasteiger partial charge in [0.05, 0.1) is 0 Å². The summed E-state index contributed by atoms with van der Waals surface area (Å²) in [5.41, 5.74) is -1.19. The number of urea groups is 1. The van der Waals surface area contributed by atoms with Crippen LogP contribution >= 0.6 is 0 Å². The van der Waals surface area contributed by atoms with Crippen molar-refractivity contribution in [1.29, 1.82) is 0 Å². The molecule has 1 saturated heterocycles. The number of aliphatic carboxylic acids is 1. The van der Waals surface area contributed by atoms with Crippen molar-refractivity contribution in [2.45, 2.75) is 45.2 Å². The van der Waals surface area contributed by atoms with Gasteiger partial charge in [0, 0.05) is 19.6 Å². The molecule has 0 unspecified atom stereocenters. The van der Waals surface area contributed by atoms with Crippen LogP contribution in [0, 0.1) is 0 Å². The lowest BCUT2D eigenvalue weighted by Crippen LogP contribution is -2.58. The Morgan fingerprint density at radius 2 is 1.84 bits per heavy atom. The second-order valence-corrected chi connectivity index (χ2v) is 5.48. The fourth-order valence-electron chi connectivity index (χ4n) is 2.43. The molecule has 1 rings (SSSR count). The first-order valence-electron chi connectivity index (χ1n) is 6.81. The van der Waals surface area contributed by atoms with E-state index in [4.69, 9.17) is 0 Å². The highest BCUT2D eigenvalue weighted by molar-refractivity contribution is 5.85. The van der Waals surface area contributed by atoms with Gasteiger partial charge in [-0.1, -0.05) is 0 Å². The number of hydrogen-bond donors (Lipinski definition) is 2. The van der Waals surface area contributed by atoms with Gasteiger partial charge in [0.2, 0.25) is 0 Å². The summed E-state index contributed by atoms with van der Waals surface area (Å²) in [5, 5.41) is 12.5. The first-order valence-corrected chi connectivity index (χ1v) is 6.81. The lowest BCUT2D eigenvalue weighted by Gasteiger charge is -2.40. The van der Waals surface area contributed by atoms with Crippen molar-refractivity contribution >= 4 is 12.0 Å². The molecule has 1 fully saturated rings.